The lowest BCUT2D eigenvalue weighted by atomic mass is 10.0. The highest BCUT2D eigenvalue weighted by atomic mass is 16.2. The van der Waals surface area contributed by atoms with E-state index in [0.717, 1.165) is 37.9 Å². The predicted octanol–water partition coefficient (Wildman–Crippen LogP) is 2.80. The minimum absolute atomic E-state index is 0.143. The number of nitrogens with one attached hydrogen (secondary N) is 1. The van der Waals surface area contributed by atoms with Crippen LogP contribution in [0.3, 0.4) is 0 Å². The average molecular weight is 266 g/mol. The molecule has 0 aromatic carbocycles. The first kappa shape index (κ1) is 14.8. The lowest BCUT2D eigenvalue weighted by Crippen LogP contribution is -2.48. The molecule has 19 heavy (non-hydrogen) atoms. The van der Waals surface area contributed by atoms with Crippen LogP contribution in [0.1, 0.15) is 59.3 Å². The molecule has 1 N–H and O–H groups in total. The molecule has 1 heterocycles. The van der Waals surface area contributed by atoms with Crippen LogP contribution in [0.2, 0.25) is 0 Å². The molecule has 3 nitrogen and oxygen atoms in total. The van der Waals surface area contributed by atoms with E-state index in [-0.39, 0.29) is 5.92 Å². The second kappa shape index (κ2) is 6.74. The third-order valence-corrected chi connectivity index (χ3v) is 4.89. The molecule has 0 aromatic rings. The van der Waals surface area contributed by atoms with Gasteiger partial charge >= 0.3 is 0 Å². The lowest BCUT2D eigenvalue weighted by molar-refractivity contribution is -0.135. The number of nitrogens with zero attached hydrogens (tertiary/aromatic N) is 1. The molecule has 1 amide bonds. The van der Waals surface area contributed by atoms with Gasteiger partial charge in [0.2, 0.25) is 5.91 Å². The SMILES string of the molecule is CCC1CCC(NC2CCN(C(=O)C(C)C)CC2)C1. The summed E-state index contributed by atoms with van der Waals surface area (Å²) >= 11 is 0. The second-order valence-electron chi connectivity index (χ2n) is 6.71. The van der Waals surface area contributed by atoms with E-state index in [1.165, 1.54) is 25.7 Å². The summed E-state index contributed by atoms with van der Waals surface area (Å²) in [5.74, 6) is 1.41. The molecule has 110 valence electrons. The number of carbonyl (C=O) groups is 1. The number of piperidine rings is 1. The van der Waals surface area contributed by atoms with Gasteiger partial charge in [0.05, 0.1) is 0 Å². The first-order valence-electron chi connectivity index (χ1n) is 8.15. The van der Waals surface area contributed by atoms with Crippen molar-refractivity contribution in [3.05, 3.63) is 0 Å². The van der Waals surface area contributed by atoms with Gasteiger partial charge in [-0.15, -0.1) is 0 Å². The predicted molar refractivity (Wildman–Crippen MR) is 79.0 cm³/mol. The van der Waals surface area contributed by atoms with E-state index in [4.69, 9.17) is 0 Å². The Hall–Kier alpha value is -0.570. The zero-order chi connectivity index (χ0) is 13.8. The molecule has 2 rings (SSSR count). The normalized spacial score (nSPS) is 29.2. The summed E-state index contributed by atoms with van der Waals surface area (Å²) < 4.78 is 0. The monoisotopic (exact) mass is 266 g/mol. The molecule has 0 aromatic heterocycles. The molecule has 2 atom stereocenters. The van der Waals surface area contributed by atoms with E-state index in [1.807, 2.05) is 18.7 Å². The van der Waals surface area contributed by atoms with E-state index >= 15 is 0 Å². The molecule has 1 aliphatic heterocycles. The highest BCUT2D eigenvalue weighted by Gasteiger charge is 2.28. The van der Waals surface area contributed by atoms with Crippen LogP contribution >= 0.6 is 0 Å². The Morgan fingerprint density at radius 3 is 2.37 bits per heavy atom. The summed E-state index contributed by atoms with van der Waals surface area (Å²) in [7, 11) is 0. The van der Waals surface area contributed by atoms with E-state index in [2.05, 4.69) is 12.2 Å². The third kappa shape index (κ3) is 3.95. The van der Waals surface area contributed by atoms with Gasteiger partial charge in [0.1, 0.15) is 0 Å². The van der Waals surface area contributed by atoms with Crippen molar-refractivity contribution in [1.82, 2.24) is 10.2 Å². The van der Waals surface area contributed by atoms with Crippen LogP contribution in [0.25, 0.3) is 0 Å². The fourth-order valence-corrected chi connectivity index (χ4v) is 3.56. The van der Waals surface area contributed by atoms with Crippen molar-refractivity contribution < 1.29 is 4.79 Å². The Bertz CT molecular complexity index is 295. The lowest BCUT2D eigenvalue weighted by Gasteiger charge is -2.34. The average Bonchev–Trinajstić information content (AvgIpc) is 2.86. The Labute approximate surface area is 118 Å². The molecule has 0 radical (unpaired) electrons. The Balaban J connectivity index is 1.70. The molecule has 3 heteroatoms. The maximum Gasteiger partial charge on any atom is 0.225 e. The number of likely N-dealkylation sites (tertiary alicyclic amines) is 1. The Morgan fingerprint density at radius 1 is 1.16 bits per heavy atom. The van der Waals surface area contributed by atoms with Crippen molar-refractivity contribution >= 4 is 5.91 Å². The van der Waals surface area contributed by atoms with Gasteiger partial charge in [-0.3, -0.25) is 4.79 Å². The first-order chi connectivity index (χ1) is 9.10. The van der Waals surface area contributed by atoms with Gasteiger partial charge in [-0.2, -0.15) is 0 Å². The zero-order valence-corrected chi connectivity index (χ0v) is 12.8. The van der Waals surface area contributed by atoms with Crippen molar-refractivity contribution in [3.8, 4) is 0 Å². The molecule has 2 aliphatic rings. The number of rotatable bonds is 4. The highest BCUT2D eigenvalue weighted by Crippen LogP contribution is 2.28. The van der Waals surface area contributed by atoms with Crippen LogP contribution < -0.4 is 5.32 Å². The first-order valence-corrected chi connectivity index (χ1v) is 8.15. The standard InChI is InChI=1S/C16H30N2O/c1-4-13-5-6-15(11-13)17-14-7-9-18(10-8-14)16(19)12(2)3/h12-15,17H,4-11H2,1-3H3. The maximum absolute atomic E-state index is 11.9. The summed E-state index contributed by atoms with van der Waals surface area (Å²) in [6.07, 6.45) is 7.71. The smallest absolute Gasteiger partial charge is 0.225 e. The van der Waals surface area contributed by atoms with Crippen LogP contribution in [0.4, 0.5) is 0 Å². The minimum Gasteiger partial charge on any atom is -0.342 e. The summed E-state index contributed by atoms with van der Waals surface area (Å²) in [6, 6.07) is 1.37. The molecular formula is C16H30N2O. The van der Waals surface area contributed by atoms with Gasteiger partial charge in [0, 0.05) is 31.1 Å². The topological polar surface area (TPSA) is 32.3 Å². The van der Waals surface area contributed by atoms with Gasteiger partial charge < -0.3 is 10.2 Å². The van der Waals surface area contributed by atoms with E-state index in [1.54, 1.807) is 0 Å². The molecule has 1 saturated carbocycles. The van der Waals surface area contributed by atoms with Crippen LogP contribution in [-0.2, 0) is 4.79 Å². The molecule has 0 bridgehead atoms. The fourth-order valence-electron chi connectivity index (χ4n) is 3.56. The Kier molecular flexibility index (Phi) is 5.26. The summed E-state index contributed by atoms with van der Waals surface area (Å²) in [5.41, 5.74) is 0. The van der Waals surface area contributed by atoms with Crippen LogP contribution in [0.15, 0.2) is 0 Å². The number of carbonyl (C=O) groups excluding carboxylic acids is 1. The molecule has 1 saturated heterocycles. The van der Waals surface area contributed by atoms with Crippen molar-refractivity contribution in [3.63, 3.8) is 0 Å². The van der Waals surface area contributed by atoms with Gasteiger partial charge in [-0.05, 0) is 38.0 Å². The van der Waals surface area contributed by atoms with Crippen molar-refractivity contribution in [2.45, 2.75) is 71.4 Å². The van der Waals surface area contributed by atoms with E-state index in [0.29, 0.717) is 11.9 Å². The Morgan fingerprint density at radius 2 is 1.84 bits per heavy atom. The molecule has 2 unspecified atom stereocenters. The van der Waals surface area contributed by atoms with Crippen molar-refractivity contribution in [2.24, 2.45) is 11.8 Å². The maximum atomic E-state index is 11.9. The van der Waals surface area contributed by atoms with Gasteiger partial charge in [-0.1, -0.05) is 27.2 Å². The highest BCUT2D eigenvalue weighted by molar-refractivity contribution is 5.78. The van der Waals surface area contributed by atoms with Gasteiger partial charge in [0.25, 0.3) is 0 Å². The van der Waals surface area contributed by atoms with Crippen molar-refractivity contribution in [2.75, 3.05) is 13.1 Å². The number of hydrogen-bond donors (Lipinski definition) is 1. The number of amides is 1. The summed E-state index contributed by atoms with van der Waals surface area (Å²) in [6.45, 7) is 8.19. The summed E-state index contributed by atoms with van der Waals surface area (Å²) in [5, 5.41) is 3.83. The summed E-state index contributed by atoms with van der Waals surface area (Å²) in [4.78, 5) is 14.0. The van der Waals surface area contributed by atoms with Crippen molar-refractivity contribution in [1.29, 1.82) is 0 Å². The molecular weight excluding hydrogens is 236 g/mol. The van der Waals surface area contributed by atoms with Crippen LogP contribution in [0.5, 0.6) is 0 Å². The molecule has 0 spiro atoms. The largest absolute Gasteiger partial charge is 0.342 e. The number of hydrogen-bond acceptors (Lipinski definition) is 2. The van der Waals surface area contributed by atoms with Crippen LogP contribution in [-0.4, -0.2) is 36.0 Å². The van der Waals surface area contributed by atoms with Gasteiger partial charge in [0.15, 0.2) is 0 Å². The molecule has 1 aliphatic carbocycles. The quantitative estimate of drug-likeness (QED) is 0.848. The third-order valence-electron chi connectivity index (χ3n) is 4.89. The van der Waals surface area contributed by atoms with E-state index < -0.39 is 0 Å². The zero-order valence-electron chi connectivity index (χ0n) is 12.8. The second-order valence-corrected chi connectivity index (χ2v) is 6.71. The van der Waals surface area contributed by atoms with E-state index in [9.17, 15) is 4.79 Å². The fraction of sp³-hybridized carbons (Fsp3) is 0.938. The van der Waals surface area contributed by atoms with Gasteiger partial charge in [-0.25, -0.2) is 0 Å². The minimum atomic E-state index is 0.143. The van der Waals surface area contributed by atoms with Crippen LogP contribution in [0, 0.1) is 11.8 Å². The molecule has 2 fully saturated rings.